The van der Waals surface area contributed by atoms with Crippen LogP contribution in [0.2, 0.25) is 0 Å². The molecule has 1 N–H and O–H groups in total. The fraction of sp³-hybridized carbons (Fsp3) is 0.348. The average molecular weight is 413 g/mol. The van der Waals surface area contributed by atoms with E-state index >= 15 is 0 Å². The summed E-state index contributed by atoms with van der Waals surface area (Å²) in [5.74, 6) is -0.140. The molecule has 0 unspecified atom stereocenters. The number of nitrogens with zero attached hydrogens (tertiary/aromatic N) is 1. The number of nitrogens with one attached hydrogen (secondary N) is 1. The molecule has 0 atom stereocenters. The number of carbonyl (C=O) groups excluding carboxylic acids is 1. The maximum atomic E-state index is 13.1. The Morgan fingerprint density at radius 3 is 2.34 bits per heavy atom. The molecule has 6 heteroatoms. The first-order valence-corrected chi connectivity index (χ1v) is 11.2. The third-order valence-corrected chi connectivity index (χ3v) is 6.59. The van der Waals surface area contributed by atoms with Gasteiger partial charge in [-0.05, 0) is 62.9 Å². The van der Waals surface area contributed by atoms with E-state index in [4.69, 9.17) is 0 Å². The van der Waals surface area contributed by atoms with Crippen LogP contribution in [0.4, 0.5) is 0 Å². The highest BCUT2D eigenvalue weighted by Gasteiger charge is 2.25. The van der Waals surface area contributed by atoms with Gasteiger partial charge in [-0.2, -0.15) is 0 Å². The normalized spacial score (nSPS) is 15.2. The van der Waals surface area contributed by atoms with E-state index in [1.807, 2.05) is 25.1 Å². The molecule has 29 heavy (non-hydrogen) atoms. The number of benzene rings is 2. The Kier molecular flexibility index (Phi) is 5.96. The van der Waals surface area contributed by atoms with Gasteiger partial charge in [-0.25, -0.2) is 13.1 Å². The van der Waals surface area contributed by atoms with Crippen LogP contribution in [0.15, 0.2) is 59.5 Å². The summed E-state index contributed by atoms with van der Waals surface area (Å²) >= 11 is 0. The van der Waals surface area contributed by atoms with Gasteiger partial charge in [0.25, 0.3) is 5.91 Å². The summed E-state index contributed by atoms with van der Waals surface area (Å²) in [4.78, 5) is 15.0. The smallest absolute Gasteiger partial charge is 0.254 e. The van der Waals surface area contributed by atoms with Gasteiger partial charge in [0.05, 0.1) is 4.90 Å². The third kappa shape index (κ3) is 5.14. The molecule has 2 aromatic carbocycles. The zero-order chi connectivity index (χ0) is 21.2. The van der Waals surface area contributed by atoms with Crippen LogP contribution >= 0.6 is 0 Å². The van der Waals surface area contributed by atoms with Gasteiger partial charge in [0.2, 0.25) is 10.0 Å². The first-order valence-electron chi connectivity index (χ1n) is 9.75. The van der Waals surface area contributed by atoms with Crippen LogP contribution in [-0.4, -0.2) is 37.9 Å². The van der Waals surface area contributed by atoms with E-state index in [-0.39, 0.29) is 10.8 Å². The quantitative estimate of drug-likeness (QED) is 0.825. The Morgan fingerprint density at radius 1 is 1.07 bits per heavy atom. The minimum absolute atomic E-state index is 0.110. The molecule has 0 aromatic heterocycles. The van der Waals surface area contributed by atoms with Crippen molar-refractivity contribution >= 4 is 21.5 Å². The Labute approximate surface area is 173 Å². The lowest BCUT2D eigenvalue weighted by Gasteiger charge is -2.27. The fourth-order valence-electron chi connectivity index (χ4n) is 3.40. The van der Waals surface area contributed by atoms with Gasteiger partial charge in [0, 0.05) is 24.2 Å². The molecule has 0 fully saturated rings. The molecular weight excluding hydrogens is 384 g/mol. The van der Waals surface area contributed by atoms with E-state index in [0.29, 0.717) is 18.7 Å². The largest absolute Gasteiger partial charge is 0.335 e. The highest BCUT2D eigenvalue weighted by Crippen LogP contribution is 2.24. The van der Waals surface area contributed by atoms with Gasteiger partial charge < -0.3 is 4.90 Å². The summed E-state index contributed by atoms with van der Waals surface area (Å²) in [6.07, 6.45) is 2.85. The molecular formula is C23H28N2O3S. The van der Waals surface area contributed by atoms with Crippen LogP contribution in [0.1, 0.15) is 48.7 Å². The molecule has 0 saturated carbocycles. The number of aryl methyl sites for hydroxylation is 1. The minimum Gasteiger partial charge on any atom is -0.335 e. The fourth-order valence-corrected chi connectivity index (χ4v) is 4.84. The van der Waals surface area contributed by atoms with Gasteiger partial charge in [0.1, 0.15) is 0 Å². The van der Waals surface area contributed by atoms with Gasteiger partial charge in [-0.3, -0.25) is 4.79 Å². The lowest BCUT2D eigenvalue weighted by atomic mass is 9.99. The maximum Gasteiger partial charge on any atom is 0.254 e. The number of rotatable bonds is 4. The Morgan fingerprint density at radius 2 is 1.76 bits per heavy atom. The molecule has 0 spiro atoms. The summed E-state index contributed by atoms with van der Waals surface area (Å²) < 4.78 is 28.0. The number of hydrogen-bond donors (Lipinski definition) is 1. The van der Waals surface area contributed by atoms with E-state index in [2.05, 4.69) is 22.9 Å². The van der Waals surface area contributed by atoms with Crippen LogP contribution in [0.25, 0.3) is 5.57 Å². The molecule has 1 heterocycles. The Hall–Kier alpha value is -2.44. The molecule has 0 bridgehead atoms. The summed E-state index contributed by atoms with van der Waals surface area (Å²) in [7, 11) is -3.70. The Balaban J connectivity index is 1.82. The van der Waals surface area contributed by atoms with Gasteiger partial charge >= 0.3 is 0 Å². The topological polar surface area (TPSA) is 66.5 Å². The molecule has 0 aliphatic carbocycles. The number of hydrogen-bond acceptors (Lipinski definition) is 3. The lowest BCUT2D eigenvalue weighted by molar-refractivity contribution is 0.0772. The predicted molar refractivity (Wildman–Crippen MR) is 116 cm³/mol. The maximum absolute atomic E-state index is 13.1. The second kappa shape index (κ2) is 8.13. The first kappa shape index (κ1) is 21.3. The zero-order valence-electron chi connectivity index (χ0n) is 17.4. The van der Waals surface area contributed by atoms with Crippen LogP contribution in [0.5, 0.6) is 0 Å². The number of amides is 1. The minimum atomic E-state index is -3.70. The summed E-state index contributed by atoms with van der Waals surface area (Å²) in [5.41, 5.74) is 3.01. The van der Waals surface area contributed by atoms with E-state index in [1.165, 1.54) is 17.2 Å². The molecule has 3 rings (SSSR count). The van der Waals surface area contributed by atoms with Gasteiger partial charge in [-0.1, -0.05) is 42.5 Å². The summed E-state index contributed by atoms with van der Waals surface area (Å²) in [6, 6.07) is 14.9. The van der Waals surface area contributed by atoms with Crippen molar-refractivity contribution in [2.24, 2.45) is 0 Å². The molecule has 0 saturated heterocycles. The molecule has 1 aliphatic heterocycles. The third-order valence-electron chi connectivity index (χ3n) is 4.83. The van der Waals surface area contributed by atoms with Crippen molar-refractivity contribution in [1.29, 1.82) is 0 Å². The molecule has 1 amide bonds. The second-order valence-electron chi connectivity index (χ2n) is 8.43. The van der Waals surface area contributed by atoms with Crippen LogP contribution in [0, 0.1) is 6.92 Å². The van der Waals surface area contributed by atoms with Crippen molar-refractivity contribution in [3.8, 4) is 0 Å². The SMILES string of the molecule is Cc1ccc(S(=O)(=O)NC(C)(C)C)cc1C(=O)N1CC=C(c2ccccc2)CC1. The van der Waals surface area contributed by atoms with Crippen molar-refractivity contribution < 1.29 is 13.2 Å². The van der Waals surface area contributed by atoms with E-state index in [1.54, 1.807) is 37.8 Å². The molecule has 5 nitrogen and oxygen atoms in total. The molecule has 0 radical (unpaired) electrons. The van der Waals surface area contributed by atoms with Gasteiger partial charge in [-0.15, -0.1) is 0 Å². The van der Waals surface area contributed by atoms with E-state index in [9.17, 15) is 13.2 Å². The van der Waals surface area contributed by atoms with E-state index < -0.39 is 15.6 Å². The molecule has 154 valence electrons. The van der Waals surface area contributed by atoms with Crippen LogP contribution in [0.3, 0.4) is 0 Å². The highest BCUT2D eigenvalue weighted by atomic mass is 32.2. The molecule has 2 aromatic rings. The number of carbonyl (C=O) groups is 1. The van der Waals surface area contributed by atoms with E-state index in [0.717, 1.165) is 12.0 Å². The highest BCUT2D eigenvalue weighted by molar-refractivity contribution is 7.89. The van der Waals surface area contributed by atoms with Crippen molar-refractivity contribution in [2.45, 2.75) is 44.6 Å². The first-order chi connectivity index (χ1) is 13.6. The average Bonchev–Trinajstić information content (AvgIpc) is 2.66. The predicted octanol–water partition coefficient (Wildman–Crippen LogP) is 4.00. The van der Waals surface area contributed by atoms with Crippen molar-refractivity contribution in [1.82, 2.24) is 9.62 Å². The number of sulfonamides is 1. The van der Waals surface area contributed by atoms with Gasteiger partial charge in [0.15, 0.2) is 0 Å². The van der Waals surface area contributed by atoms with Crippen LogP contribution < -0.4 is 4.72 Å². The van der Waals surface area contributed by atoms with Crippen molar-refractivity contribution in [3.63, 3.8) is 0 Å². The standard InChI is InChI=1S/C23H28N2O3S/c1-17-10-11-20(29(27,28)24-23(2,3)4)16-21(17)22(26)25-14-12-19(13-15-25)18-8-6-5-7-9-18/h5-12,16,24H,13-15H2,1-4H3. The summed E-state index contributed by atoms with van der Waals surface area (Å²) in [6.45, 7) is 8.31. The van der Waals surface area contributed by atoms with Crippen molar-refractivity contribution in [2.75, 3.05) is 13.1 Å². The second-order valence-corrected chi connectivity index (χ2v) is 10.1. The summed E-state index contributed by atoms with van der Waals surface area (Å²) in [5, 5.41) is 0. The Bertz CT molecular complexity index is 1040. The zero-order valence-corrected chi connectivity index (χ0v) is 18.2. The molecule has 1 aliphatic rings. The van der Waals surface area contributed by atoms with Crippen LogP contribution in [-0.2, 0) is 10.0 Å². The lowest BCUT2D eigenvalue weighted by Crippen LogP contribution is -2.40. The van der Waals surface area contributed by atoms with Crippen molar-refractivity contribution in [3.05, 3.63) is 71.3 Å². The monoisotopic (exact) mass is 412 g/mol.